The number of hydrogen-bond donors (Lipinski definition) is 2. The van der Waals surface area contributed by atoms with E-state index in [4.69, 9.17) is 4.74 Å². The van der Waals surface area contributed by atoms with Crippen LogP contribution in [0.15, 0.2) is 54.0 Å². The van der Waals surface area contributed by atoms with Gasteiger partial charge in [-0.25, -0.2) is 9.37 Å². The van der Waals surface area contributed by atoms with Gasteiger partial charge in [0, 0.05) is 37.6 Å². The number of hydrogen-bond acceptors (Lipinski definition) is 6. The summed E-state index contributed by atoms with van der Waals surface area (Å²) in [5, 5.41) is 13.1. The topological polar surface area (TPSA) is 111 Å². The Hall–Kier alpha value is -4.21. The largest absolute Gasteiger partial charge is 0.505 e. The quantitative estimate of drug-likeness (QED) is 0.481. The minimum Gasteiger partial charge on any atom is -0.505 e. The van der Waals surface area contributed by atoms with Gasteiger partial charge in [0.2, 0.25) is 0 Å². The van der Waals surface area contributed by atoms with Gasteiger partial charge < -0.3 is 19.7 Å². The highest BCUT2D eigenvalue weighted by molar-refractivity contribution is 6.02. The molecule has 1 aliphatic heterocycles. The van der Waals surface area contributed by atoms with Gasteiger partial charge in [-0.3, -0.25) is 19.1 Å². The first-order chi connectivity index (χ1) is 16.0. The third-order valence-electron chi connectivity index (χ3n) is 5.68. The number of nitrogens with zero attached hydrogens (tertiary/aromatic N) is 4. The summed E-state index contributed by atoms with van der Waals surface area (Å²) in [6.45, 7) is 0.578. The zero-order valence-electron chi connectivity index (χ0n) is 17.7. The third kappa shape index (κ3) is 3.59. The molecule has 3 aromatic heterocycles. The molecule has 1 amide bonds. The van der Waals surface area contributed by atoms with Gasteiger partial charge in [-0.05, 0) is 17.7 Å². The number of carbonyl (C=O) groups excluding carboxylic acids is 1. The molecule has 9 nitrogen and oxygen atoms in total. The van der Waals surface area contributed by atoms with E-state index in [1.165, 1.54) is 23.7 Å². The van der Waals surface area contributed by atoms with Gasteiger partial charge in [0.25, 0.3) is 11.5 Å². The summed E-state index contributed by atoms with van der Waals surface area (Å²) < 4.78 is 22.9. The van der Waals surface area contributed by atoms with Gasteiger partial charge in [0.15, 0.2) is 11.5 Å². The number of aromatic nitrogens is 4. The summed E-state index contributed by atoms with van der Waals surface area (Å²) in [5.74, 6) is -1.12. The molecule has 0 unspecified atom stereocenters. The molecule has 0 spiro atoms. The number of carbonyl (C=O) groups is 1. The Morgan fingerprint density at radius 2 is 2.12 bits per heavy atom. The normalized spacial score (nSPS) is 14.8. The highest BCUT2D eigenvalue weighted by Gasteiger charge is 2.31. The van der Waals surface area contributed by atoms with E-state index in [0.717, 1.165) is 5.56 Å². The second-order valence-corrected chi connectivity index (χ2v) is 7.83. The van der Waals surface area contributed by atoms with E-state index in [-0.39, 0.29) is 23.4 Å². The maximum absolute atomic E-state index is 13.4. The van der Waals surface area contributed by atoms with E-state index in [1.54, 1.807) is 37.1 Å². The maximum Gasteiger partial charge on any atom is 0.268 e. The number of nitrogens with one attached hydrogen (secondary N) is 1. The molecule has 0 saturated heterocycles. The predicted octanol–water partition coefficient (Wildman–Crippen LogP) is 1.85. The molecule has 1 atom stereocenters. The minimum absolute atomic E-state index is 0.104. The van der Waals surface area contributed by atoms with Crippen LogP contribution in [0.25, 0.3) is 11.0 Å². The van der Waals surface area contributed by atoms with Crippen LogP contribution in [-0.4, -0.2) is 43.3 Å². The van der Waals surface area contributed by atoms with Crippen molar-refractivity contribution in [2.75, 3.05) is 7.05 Å². The number of aromatic hydroxyl groups is 1. The fraction of sp³-hybridized carbons (Fsp3) is 0.217. The van der Waals surface area contributed by atoms with E-state index in [0.29, 0.717) is 29.8 Å². The Morgan fingerprint density at radius 3 is 2.82 bits per heavy atom. The molecular formula is C23H20FN5O4. The molecule has 0 aliphatic carbocycles. The van der Waals surface area contributed by atoms with Crippen molar-refractivity contribution in [3.05, 3.63) is 82.0 Å². The van der Waals surface area contributed by atoms with Crippen LogP contribution in [0, 0.1) is 5.82 Å². The van der Waals surface area contributed by atoms with Crippen LogP contribution in [-0.2, 0) is 19.5 Å². The first-order valence-corrected chi connectivity index (χ1v) is 10.3. The Morgan fingerprint density at radius 1 is 1.33 bits per heavy atom. The van der Waals surface area contributed by atoms with Crippen LogP contribution in [0.1, 0.15) is 21.5 Å². The standard InChI is InChI=1S/C23H20FN5O4/c1-25-22(31)17-20(30)18-19-21(14(9-27-18)8-13-2-4-15(24)5-3-13)33-16(11-29(19)23(17)32)10-28-7-6-26-12-28/h2-7,9,12,16,30H,8,10-11H2,1H3,(H,25,31)/t16-/m1/s1. The Kier molecular flexibility index (Phi) is 5.04. The van der Waals surface area contributed by atoms with Crippen molar-refractivity contribution in [1.82, 2.24) is 24.4 Å². The maximum atomic E-state index is 13.4. The third-order valence-corrected chi connectivity index (χ3v) is 5.68. The van der Waals surface area contributed by atoms with Crippen LogP contribution in [0.5, 0.6) is 11.5 Å². The number of benzene rings is 1. The molecule has 0 radical (unpaired) electrons. The number of amides is 1. The van der Waals surface area contributed by atoms with Crippen LogP contribution >= 0.6 is 0 Å². The number of halogens is 1. The average molecular weight is 449 g/mol. The number of pyridine rings is 2. The summed E-state index contributed by atoms with van der Waals surface area (Å²) in [4.78, 5) is 34.0. The first kappa shape index (κ1) is 20.7. The lowest BCUT2D eigenvalue weighted by Gasteiger charge is -2.30. The molecule has 5 rings (SSSR count). The predicted molar refractivity (Wildman–Crippen MR) is 117 cm³/mol. The second kappa shape index (κ2) is 8.05. The monoisotopic (exact) mass is 449 g/mol. The number of rotatable bonds is 5. The van der Waals surface area contributed by atoms with Crippen molar-refractivity contribution in [1.29, 1.82) is 0 Å². The summed E-state index contributed by atoms with van der Waals surface area (Å²) >= 11 is 0. The van der Waals surface area contributed by atoms with Gasteiger partial charge in [-0.15, -0.1) is 0 Å². The molecule has 10 heteroatoms. The SMILES string of the molecule is CNC(=O)c1c(O)c2ncc(Cc3ccc(F)cc3)c3c2n(c1=O)C[C@@H](Cn1ccnc1)O3. The van der Waals surface area contributed by atoms with Crippen molar-refractivity contribution in [2.24, 2.45) is 0 Å². The van der Waals surface area contributed by atoms with Crippen LogP contribution in [0.2, 0.25) is 0 Å². The van der Waals surface area contributed by atoms with Crippen molar-refractivity contribution >= 4 is 16.9 Å². The molecule has 0 fully saturated rings. The van der Waals surface area contributed by atoms with E-state index in [9.17, 15) is 19.1 Å². The number of imidazole rings is 1. The van der Waals surface area contributed by atoms with Crippen molar-refractivity contribution in [2.45, 2.75) is 25.6 Å². The second-order valence-electron chi connectivity index (χ2n) is 7.83. The van der Waals surface area contributed by atoms with E-state index < -0.39 is 23.3 Å². The molecule has 4 aromatic rings. The smallest absolute Gasteiger partial charge is 0.268 e. The molecule has 2 N–H and O–H groups in total. The fourth-order valence-corrected chi connectivity index (χ4v) is 4.12. The van der Waals surface area contributed by atoms with Gasteiger partial charge in [0.05, 0.1) is 19.4 Å². The summed E-state index contributed by atoms with van der Waals surface area (Å²) in [6.07, 6.45) is 6.57. The zero-order valence-corrected chi connectivity index (χ0v) is 17.7. The van der Waals surface area contributed by atoms with E-state index in [2.05, 4.69) is 15.3 Å². The van der Waals surface area contributed by atoms with Crippen LogP contribution < -0.4 is 15.6 Å². The van der Waals surface area contributed by atoms with Crippen LogP contribution in [0.4, 0.5) is 4.39 Å². The fourth-order valence-electron chi connectivity index (χ4n) is 4.12. The molecular weight excluding hydrogens is 429 g/mol. The molecule has 168 valence electrons. The Bertz CT molecular complexity index is 1410. The summed E-state index contributed by atoms with van der Waals surface area (Å²) in [6, 6.07) is 6.07. The molecule has 33 heavy (non-hydrogen) atoms. The lowest BCUT2D eigenvalue weighted by atomic mass is 10.0. The van der Waals surface area contributed by atoms with Gasteiger partial charge >= 0.3 is 0 Å². The molecule has 1 aliphatic rings. The van der Waals surface area contributed by atoms with Crippen molar-refractivity contribution in [3.63, 3.8) is 0 Å². The van der Waals surface area contributed by atoms with Crippen molar-refractivity contribution < 1.29 is 19.0 Å². The molecule has 4 heterocycles. The molecule has 0 saturated carbocycles. The number of ether oxygens (including phenoxy) is 1. The lowest BCUT2D eigenvalue weighted by molar-refractivity contribution is 0.0956. The van der Waals surface area contributed by atoms with E-state index >= 15 is 0 Å². The van der Waals surface area contributed by atoms with Crippen molar-refractivity contribution in [3.8, 4) is 11.5 Å². The zero-order chi connectivity index (χ0) is 23.1. The molecule has 0 bridgehead atoms. The van der Waals surface area contributed by atoms with E-state index in [1.807, 2.05) is 4.57 Å². The lowest BCUT2D eigenvalue weighted by Crippen LogP contribution is -2.40. The van der Waals surface area contributed by atoms with Gasteiger partial charge in [0.1, 0.15) is 28.5 Å². The minimum atomic E-state index is -0.695. The first-order valence-electron chi connectivity index (χ1n) is 10.3. The van der Waals surface area contributed by atoms with Gasteiger partial charge in [-0.2, -0.15) is 0 Å². The summed E-state index contributed by atoms with van der Waals surface area (Å²) in [7, 11) is 1.39. The Balaban J connectivity index is 1.69. The highest BCUT2D eigenvalue weighted by Crippen LogP contribution is 2.37. The highest BCUT2D eigenvalue weighted by atomic mass is 19.1. The Labute approximate surface area is 187 Å². The van der Waals surface area contributed by atoms with Crippen LogP contribution in [0.3, 0.4) is 0 Å². The average Bonchev–Trinajstić information content (AvgIpc) is 3.32. The summed E-state index contributed by atoms with van der Waals surface area (Å²) in [5.41, 5.74) is 0.941. The van der Waals surface area contributed by atoms with Gasteiger partial charge in [-0.1, -0.05) is 12.1 Å². The molecule has 1 aromatic carbocycles.